The number of carbonyl (C=O) groups excluding carboxylic acids is 1. The van der Waals surface area contributed by atoms with Crippen LogP contribution in [0.2, 0.25) is 0 Å². The molecule has 7 heteroatoms. The van der Waals surface area contributed by atoms with Crippen molar-refractivity contribution in [1.82, 2.24) is 20.5 Å². The highest BCUT2D eigenvalue weighted by atomic mass is 32.2. The lowest BCUT2D eigenvalue weighted by atomic mass is 10.1. The Hall–Kier alpha value is -2.02. The van der Waals surface area contributed by atoms with Crippen LogP contribution in [-0.2, 0) is 17.6 Å². The Bertz CT molecular complexity index is 602. The summed E-state index contributed by atoms with van der Waals surface area (Å²) in [7, 11) is 0. The van der Waals surface area contributed by atoms with E-state index in [4.69, 9.17) is 5.73 Å². The number of anilines is 1. The molecule has 0 saturated carbocycles. The maximum absolute atomic E-state index is 11.9. The number of nitrogens with zero attached hydrogens (tertiary/aromatic N) is 2. The van der Waals surface area contributed by atoms with Crippen LogP contribution >= 0.6 is 11.8 Å². The first kappa shape index (κ1) is 13.0. The Morgan fingerprint density at radius 1 is 1.40 bits per heavy atom. The lowest BCUT2D eigenvalue weighted by Crippen LogP contribution is -2.36. The lowest BCUT2D eigenvalue weighted by Gasteiger charge is -2.11. The second-order valence-corrected chi connectivity index (χ2v) is 5.68. The molecule has 20 heavy (non-hydrogen) atoms. The van der Waals surface area contributed by atoms with Gasteiger partial charge in [-0.3, -0.25) is 4.79 Å². The van der Waals surface area contributed by atoms with Crippen molar-refractivity contribution in [1.29, 1.82) is 0 Å². The topological polar surface area (TPSA) is 96.7 Å². The summed E-state index contributed by atoms with van der Waals surface area (Å²) in [5.41, 5.74) is 8.07. The minimum absolute atomic E-state index is 0.00354. The largest absolute Gasteiger partial charge is 0.368 e. The van der Waals surface area contributed by atoms with Gasteiger partial charge >= 0.3 is 0 Å². The van der Waals surface area contributed by atoms with Gasteiger partial charge in [0.05, 0.1) is 5.75 Å². The van der Waals surface area contributed by atoms with E-state index in [1.54, 1.807) is 0 Å². The van der Waals surface area contributed by atoms with Crippen molar-refractivity contribution in [2.75, 3.05) is 11.5 Å². The number of aromatic nitrogens is 3. The molecule has 1 amide bonds. The van der Waals surface area contributed by atoms with E-state index >= 15 is 0 Å². The van der Waals surface area contributed by atoms with Crippen LogP contribution in [0.1, 0.15) is 11.1 Å². The van der Waals surface area contributed by atoms with E-state index < -0.39 is 0 Å². The molecular formula is C13H15N5OS. The van der Waals surface area contributed by atoms with Crippen LogP contribution in [0.5, 0.6) is 0 Å². The maximum atomic E-state index is 11.9. The molecule has 3 rings (SSSR count). The van der Waals surface area contributed by atoms with E-state index in [9.17, 15) is 4.79 Å². The van der Waals surface area contributed by atoms with E-state index in [0.29, 0.717) is 10.9 Å². The minimum Gasteiger partial charge on any atom is -0.368 e. The molecule has 1 aliphatic rings. The Labute approximate surface area is 120 Å². The summed E-state index contributed by atoms with van der Waals surface area (Å²) in [4.78, 5) is 15.8. The minimum atomic E-state index is -0.00354. The number of thioether (sulfide) groups is 1. The number of amides is 1. The number of hydrogen-bond acceptors (Lipinski definition) is 5. The molecule has 2 aromatic rings. The van der Waals surface area contributed by atoms with Crippen LogP contribution in [0.3, 0.4) is 0 Å². The number of fused-ring (bicyclic) bond motifs is 1. The monoisotopic (exact) mass is 289 g/mol. The number of hydrogen-bond donors (Lipinski definition) is 3. The van der Waals surface area contributed by atoms with Crippen molar-refractivity contribution in [2.24, 2.45) is 0 Å². The number of carbonyl (C=O) groups is 1. The highest BCUT2D eigenvalue weighted by molar-refractivity contribution is 7.99. The quantitative estimate of drug-likeness (QED) is 0.722. The van der Waals surface area contributed by atoms with Crippen LogP contribution in [0.15, 0.2) is 29.4 Å². The molecule has 0 saturated heterocycles. The second-order valence-electron chi connectivity index (χ2n) is 4.73. The fraction of sp³-hybridized carbons (Fsp3) is 0.308. The van der Waals surface area contributed by atoms with Gasteiger partial charge in [-0.15, -0.1) is 5.10 Å². The molecule has 1 aromatic heterocycles. The number of rotatable bonds is 4. The fourth-order valence-electron chi connectivity index (χ4n) is 2.38. The third-order valence-electron chi connectivity index (χ3n) is 3.23. The van der Waals surface area contributed by atoms with E-state index in [1.165, 1.54) is 22.9 Å². The first-order valence-corrected chi connectivity index (χ1v) is 7.36. The van der Waals surface area contributed by atoms with Gasteiger partial charge < -0.3 is 11.1 Å². The van der Waals surface area contributed by atoms with Gasteiger partial charge in [0.2, 0.25) is 17.0 Å². The van der Waals surface area contributed by atoms with Crippen LogP contribution < -0.4 is 11.1 Å². The van der Waals surface area contributed by atoms with Gasteiger partial charge in [0.25, 0.3) is 0 Å². The van der Waals surface area contributed by atoms with Gasteiger partial charge in [0.15, 0.2) is 0 Å². The SMILES string of the molecule is Nc1nc(SCC(=O)NC2Cc3ccccc3C2)n[nH]1. The highest BCUT2D eigenvalue weighted by Crippen LogP contribution is 2.21. The highest BCUT2D eigenvalue weighted by Gasteiger charge is 2.22. The molecule has 0 bridgehead atoms. The Kier molecular flexibility index (Phi) is 3.60. The third-order valence-corrected chi connectivity index (χ3v) is 4.08. The fourth-order valence-corrected chi connectivity index (χ4v) is 3.00. The number of nitrogens with one attached hydrogen (secondary N) is 2. The zero-order chi connectivity index (χ0) is 13.9. The second kappa shape index (κ2) is 5.54. The van der Waals surface area contributed by atoms with Crippen molar-refractivity contribution in [3.63, 3.8) is 0 Å². The van der Waals surface area contributed by atoms with Gasteiger partial charge in [-0.2, -0.15) is 4.98 Å². The zero-order valence-corrected chi connectivity index (χ0v) is 11.6. The average Bonchev–Trinajstić information content (AvgIpc) is 3.01. The van der Waals surface area contributed by atoms with Crippen molar-refractivity contribution in [2.45, 2.75) is 24.0 Å². The first-order chi connectivity index (χ1) is 9.70. The molecule has 4 N–H and O–H groups in total. The van der Waals surface area contributed by atoms with Crippen molar-refractivity contribution >= 4 is 23.6 Å². The maximum Gasteiger partial charge on any atom is 0.230 e. The normalized spacial score (nSPS) is 14.2. The van der Waals surface area contributed by atoms with Gasteiger partial charge in [0.1, 0.15) is 0 Å². The predicted octanol–water partition coefficient (Wildman–Crippen LogP) is 0.763. The van der Waals surface area contributed by atoms with Gasteiger partial charge in [-0.05, 0) is 24.0 Å². The zero-order valence-electron chi connectivity index (χ0n) is 10.8. The standard InChI is InChI=1S/C13H15N5OS/c14-12-16-13(18-17-12)20-7-11(19)15-10-5-8-3-1-2-4-9(8)6-10/h1-4,10H,5-7H2,(H,15,19)(H3,14,16,17,18). The molecular weight excluding hydrogens is 274 g/mol. The van der Waals surface area contributed by atoms with Gasteiger partial charge in [-0.25, -0.2) is 5.10 Å². The molecule has 104 valence electrons. The molecule has 0 aliphatic heterocycles. The average molecular weight is 289 g/mol. The molecule has 6 nitrogen and oxygen atoms in total. The van der Waals surface area contributed by atoms with Crippen molar-refractivity contribution in [3.8, 4) is 0 Å². The molecule has 0 atom stereocenters. The smallest absolute Gasteiger partial charge is 0.230 e. The van der Waals surface area contributed by atoms with Crippen LogP contribution in [0, 0.1) is 0 Å². The molecule has 1 heterocycles. The number of H-pyrrole nitrogens is 1. The van der Waals surface area contributed by atoms with Crippen LogP contribution in [0.4, 0.5) is 5.95 Å². The third kappa shape index (κ3) is 2.93. The Balaban J connectivity index is 1.48. The molecule has 0 radical (unpaired) electrons. The number of nitrogens with two attached hydrogens (primary N) is 1. The van der Waals surface area contributed by atoms with Crippen molar-refractivity contribution in [3.05, 3.63) is 35.4 Å². The van der Waals surface area contributed by atoms with Crippen molar-refractivity contribution < 1.29 is 4.79 Å². The van der Waals surface area contributed by atoms with Gasteiger partial charge in [-0.1, -0.05) is 36.0 Å². The summed E-state index contributed by atoms with van der Waals surface area (Å²) in [5.74, 6) is 0.555. The number of nitrogen functional groups attached to an aromatic ring is 1. The summed E-state index contributed by atoms with van der Waals surface area (Å²) in [6.07, 6.45) is 1.81. The van der Waals surface area contributed by atoms with E-state index in [1.807, 2.05) is 12.1 Å². The summed E-state index contributed by atoms with van der Waals surface area (Å²) in [5, 5.41) is 9.95. The first-order valence-electron chi connectivity index (χ1n) is 6.37. The number of aromatic amines is 1. The molecule has 1 aromatic carbocycles. The number of benzene rings is 1. The molecule has 1 aliphatic carbocycles. The lowest BCUT2D eigenvalue weighted by molar-refractivity contribution is -0.119. The van der Waals surface area contributed by atoms with E-state index in [-0.39, 0.29) is 17.9 Å². The summed E-state index contributed by atoms with van der Waals surface area (Å²) < 4.78 is 0. The van der Waals surface area contributed by atoms with Crippen LogP contribution in [-0.4, -0.2) is 32.9 Å². The van der Waals surface area contributed by atoms with Crippen LogP contribution in [0.25, 0.3) is 0 Å². The Morgan fingerprint density at radius 3 is 2.70 bits per heavy atom. The van der Waals surface area contributed by atoms with Gasteiger partial charge in [0, 0.05) is 6.04 Å². The Morgan fingerprint density at radius 2 is 2.10 bits per heavy atom. The summed E-state index contributed by atoms with van der Waals surface area (Å²) in [6.45, 7) is 0. The predicted molar refractivity (Wildman–Crippen MR) is 77.3 cm³/mol. The summed E-state index contributed by atoms with van der Waals surface area (Å²) >= 11 is 1.27. The van der Waals surface area contributed by atoms with E-state index in [2.05, 4.69) is 32.6 Å². The summed E-state index contributed by atoms with van der Waals surface area (Å²) in [6, 6.07) is 8.50. The molecule has 0 fully saturated rings. The van der Waals surface area contributed by atoms with E-state index in [0.717, 1.165) is 12.8 Å². The molecule has 0 spiro atoms. The molecule has 0 unspecified atom stereocenters.